The first kappa shape index (κ1) is 21.5. The van der Waals surface area contributed by atoms with Gasteiger partial charge in [0.2, 0.25) is 0 Å². The molecular formula is C24H30N6O3. The van der Waals surface area contributed by atoms with Crippen molar-refractivity contribution in [3.8, 4) is 5.75 Å². The van der Waals surface area contributed by atoms with Crippen molar-refractivity contribution in [3.63, 3.8) is 0 Å². The predicted octanol–water partition coefficient (Wildman–Crippen LogP) is 3.25. The number of aryl methyl sites for hydroxylation is 1. The normalized spacial score (nSPS) is 17.2. The molecule has 2 N–H and O–H groups in total. The Labute approximate surface area is 192 Å². The summed E-state index contributed by atoms with van der Waals surface area (Å²) in [5, 5.41) is 8.21. The molecule has 0 radical (unpaired) electrons. The topological polar surface area (TPSA) is 105 Å². The molecule has 9 nitrogen and oxygen atoms in total. The van der Waals surface area contributed by atoms with Gasteiger partial charge in [-0.25, -0.2) is 14.5 Å². The number of carbonyl (C=O) groups excluding carboxylic acids is 1. The van der Waals surface area contributed by atoms with E-state index in [1.165, 1.54) is 19.3 Å². The first-order valence-electron chi connectivity index (χ1n) is 11.7. The van der Waals surface area contributed by atoms with Crippen LogP contribution in [-0.2, 0) is 6.54 Å². The lowest BCUT2D eigenvalue weighted by atomic mass is 9.96. The molecule has 5 rings (SSSR count). The number of carbonyl (C=O) groups is 1. The molecule has 2 fully saturated rings. The minimum Gasteiger partial charge on any atom is -0.497 e. The van der Waals surface area contributed by atoms with Gasteiger partial charge in [0.15, 0.2) is 5.65 Å². The summed E-state index contributed by atoms with van der Waals surface area (Å²) >= 11 is 0. The van der Waals surface area contributed by atoms with Gasteiger partial charge >= 0.3 is 6.03 Å². The van der Waals surface area contributed by atoms with E-state index in [0.717, 1.165) is 29.8 Å². The van der Waals surface area contributed by atoms with Gasteiger partial charge in [-0.1, -0.05) is 31.4 Å². The van der Waals surface area contributed by atoms with Gasteiger partial charge in [0.1, 0.15) is 17.0 Å². The second-order valence-electron chi connectivity index (χ2n) is 9.08. The van der Waals surface area contributed by atoms with Crippen molar-refractivity contribution in [2.24, 2.45) is 0 Å². The molecule has 1 saturated heterocycles. The summed E-state index contributed by atoms with van der Waals surface area (Å²) < 4.78 is 7.13. The zero-order chi connectivity index (χ0) is 22.9. The van der Waals surface area contributed by atoms with Crippen molar-refractivity contribution in [1.29, 1.82) is 0 Å². The third-order valence-electron chi connectivity index (χ3n) is 6.83. The lowest BCUT2D eigenvalue weighted by Gasteiger charge is -2.38. The number of H-pyrrole nitrogens is 1. The van der Waals surface area contributed by atoms with E-state index < -0.39 is 0 Å². The van der Waals surface area contributed by atoms with Crippen LogP contribution in [0, 0.1) is 6.92 Å². The Balaban J connectivity index is 1.26. The second-order valence-corrected chi connectivity index (χ2v) is 9.08. The maximum atomic E-state index is 12.8. The Morgan fingerprint density at radius 3 is 2.61 bits per heavy atom. The van der Waals surface area contributed by atoms with Crippen molar-refractivity contribution >= 4 is 17.1 Å². The van der Waals surface area contributed by atoms with Crippen LogP contribution in [0.4, 0.5) is 4.79 Å². The van der Waals surface area contributed by atoms with E-state index in [1.807, 2.05) is 35.9 Å². The standard InChI is InChI=1S/C24H30N6O3/c1-15-20-22(30(28-15)18-6-4-3-5-7-18)26-21(27-23(20)31)17-13-29(14-17)24(32)25-12-16-8-10-19(33-2)11-9-16/h8-11,17-18H,3-7,12-14H2,1-2H3,(H,25,32)(H,26,27,31). The first-order chi connectivity index (χ1) is 16.0. The average molecular weight is 451 g/mol. The molecule has 1 aliphatic carbocycles. The van der Waals surface area contributed by atoms with Crippen LogP contribution in [0.25, 0.3) is 11.0 Å². The van der Waals surface area contributed by atoms with E-state index >= 15 is 0 Å². The number of nitrogens with one attached hydrogen (secondary N) is 2. The molecule has 2 aromatic heterocycles. The third-order valence-corrected chi connectivity index (χ3v) is 6.83. The largest absolute Gasteiger partial charge is 0.497 e. The molecule has 2 amide bonds. The molecule has 3 heterocycles. The van der Waals surface area contributed by atoms with Gasteiger partial charge in [0, 0.05) is 19.6 Å². The van der Waals surface area contributed by atoms with E-state index in [2.05, 4.69) is 15.4 Å². The Bertz CT molecular complexity index is 1200. The van der Waals surface area contributed by atoms with Crippen LogP contribution in [0.3, 0.4) is 0 Å². The summed E-state index contributed by atoms with van der Waals surface area (Å²) in [5.41, 5.74) is 2.27. The molecule has 1 aromatic carbocycles. The summed E-state index contributed by atoms with van der Waals surface area (Å²) in [5.74, 6) is 1.45. The molecule has 0 spiro atoms. The van der Waals surface area contributed by atoms with Gasteiger partial charge in [0.25, 0.3) is 5.56 Å². The van der Waals surface area contributed by atoms with Gasteiger partial charge in [-0.2, -0.15) is 5.10 Å². The number of hydrogen-bond donors (Lipinski definition) is 2. The molecule has 3 aromatic rings. The lowest BCUT2D eigenvalue weighted by molar-refractivity contribution is 0.148. The summed E-state index contributed by atoms with van der Waals surface area (Å²) in [6.07, 6.45) is 5.78. The molecular weight excluding hydrogens is 420 g/mol. The number of methoxy groups -OCH3 is 1. The lowest BCUT2D eigenvalue weighted by Crippen LogP contribution is -2.53. The van der Waals surface area contributed by atoms with Gasteiger partial charge < -0.3 is 19.9 Å². The van der Waals surface area contributed by atoms with Crippen LogP contribution >= 0.6 is 0 Å². The fourth-order valence-corrected chi connectivity index (χ4v) is 4.85. The number of aromatic nitrogens is 4. The fraction of sp³-hybridized carbons (Fsp3) is 0.500. The minimum absolute atomic E-state index is 0.0175. The van der Waals surface area contributed by atoms with Crippen LogP contribution in [0.2, 0.25) is 0 Å². The highest BCUT2D eigenvalue weighted by Crippen LogP contribution is 2.31. The molecule has 1 aliphatic heterocycles. The number of urea groups is 1. The molecule has 174 valence electrons. The Morgan fingerprint density at radius 2 is 1.91 bits per heavy atom. The second kappa shape index (κ2) is 8.88. The zero-order valence-corrected chi connectivity index (χ0v) is 19.1. The monoisotopic (exact) mass is 450 g/mol. The summed E-state index contributed by atoms with van der Waals surface area (Å²) in [6.45, 7) is 3.38. The van der Waals surface area contributed by atoms with Crippen molar-refractivity contribution in [3.05, 3.63) is 51.7 Å². The van der Waals surface area contributed by atoms with E-state index in [0.29, 0.717) is 42.5 Å². The maximum absolute atomic E-state index is 12.8. The summed E-state index contributed by atoms with van der Waals surface area (Å²) in [7, 11) is 1.63. The number of amides is 2. The van der Waals surface area contributed by atoms with Crippen LogP contribution in [-0.4, -0.2) is 50.9 Å². The molecule has 1 saturated carbocycles. The van der Waals surface area contributed by atoms with Gasteiger partial charge in [-0.15, -0.1) is 0 Å². The van der Waals surface area contributed by atoms with Gasteiger partial charge in [-0.3, -0.25) is 4.79 Å². The Morgan fingerprint density at radius 1 is 1.18 bits per heavy atom. The number of hydrogen-bond acceptors (Lipinski definition) is 5. The minimum atomic E-state index is -0.142. The SMILES string of the molecule is COc1ccc(CNC(=O)N2CC(c3nc4c(c(C)nn4C4CCCCC4)c(=O)[nH]3)C2)cc1. The number of fused-ring (bicyclic) bond motifs is 1. The van der Waals surface area contributed by atoms with Gasteiger partial charge in [0.05, 0.1) is 24.8 Å². The van der Waals surface area contributed by atoms with Crippen molar-refractivity contribution in [2.75, 3.05) is 20.2 Å². The highest BCUT2D eigenvalue weighted by Gasteiger charge is 2.34. The summed E-state index contributed by atoms with van der Waals surface area (Å²) in [6, 6.07) is 7.80. The molecule has 33 heavy (non-hydrogen) atoms. The third kappa shape index (κ3) is 4.19. The van der Waals surface area contributed by atoms with Crippen LogP contribution in [0.5, 0.6) is 5.75 Å². The fourth-order valence-electron chi connectivity index (χ4n) is 4.85. The van der Waals surface area contributed by atoms with E-state index in [1.54, 1.807) is 12.0 Å². The molecule has 0 atom stereocenters. The molecule has 9 heteroatoms. The van der Waals surface area contributed by atoms with Crippen molar-refractivity contribution in [1.82, 2.24) is 30.0 Å². The highest BCUT2D eigenvalue weighted by atomic mass is 16.5. The Kier molecular flexibility index (Phi) is 5.78. The number of aromatic amines is 1. The quantitative estimate of drug-likeness (QED) is 0.621. The zero-order valence-electron chi connectivity index (χ0n) is 19.1. The van der Waals surface area contributed by atoms with Gasteiger partial charge in [-0.05, 0) is 37.5 Å². The molecule has 2 aliphatic rings. The average Bonchev–Trinajstić information content (AvgIpc) is 3.14. The van der Waals surface area contributed by atoms with Crippen LogP contribution in [0.15, 0.2) is 29.1 Å². The smallest absolute Gasteiger partial charge is 0.317 e. The van der Waals surface area contributed by atoms with Crippen molar-refractivity contribution in [2.45, 2.75) is 57.5 Å². The maximum Gasteiger partial charge on any atom is 0.317 e. The van der Waals surface area contributed by atoms with E-state index in [9.17, 15) is 9.59 Å². The number of ether oxygens (including phenoxy) is 1. The van der Waals surface area contributed by atoms with E-state index in [-0.39, 0.29) is 17.5 Å². The number of likely N-dealkylation sites (tertiary alicyclic amines) is 1. The highest BCUT2D eigenvalue weighted by molar-refractivity contribution is 5.77. The first-order valence-corrected chi connectivity index (χ1v) is 11.7. The molecule has 0 unspecified atom stereocenters. The van der Waals surface area contributed by atoms with Crippen LogP contribution in [0.1, 0.15) is 61.1 Å². The molecule has 0 bridgehead atoms. The number of rotatable bonds is 5. The van der Waals surface area contributed by atoms with Crippen molar-refractivity contribution < 1.29 is 9.53 Å². The predicted molar refractivity (Wildman–Crippen MR) is 125 cm³/mol. The summed E-state index contributed by atoms with van der Waals surface area (Å²) in [4.78, 5) is 34.9. The van der Waals surface area contributed by atoms with E-state index in [4.69, 9.17) is 9.72 Å². The number of benzene rings is 1. The Hall–Kier alpha value is -3.36. The number of nitrogens with zero attached hydrogens (tertiary/aromatic N) is 4. The van der Waals surface area contributed by atoms with Crippen LogP contribution < -0.4 is 15.6 Å².